The van der Waals surface area contributed by atoms with Gasteiger partial charge < -0.3 is 15.2 Å². The van der Waals surface area contributed by atoms with Crippen molar-refractivity contribution in [1.82, 2.24) is 0 Å². The molecule has 0 bridgehead atoms. The van der Waals surface area contributed by atoms with E-state index in [2.05, 4.69) is 6.92 Å². The van der Waals surface area contributed by atoms with Crippen molar-refractivity contribution < 1.29 is 9.47 Å². The first-order chi connectivity index (χ1) is 5.85. The Bertz CT molecular complexity index is 89.1. The van der Waals surface area contributed by atoms with E-state index in [-0.39, 0.29) is 15.8 Å². The van der Waals surface area contributed by atoms with E-state index in [0.29, 0.717) is 0 Å². The monoisotopic (exact) mass is 191 g/mol. The molecule has 0 rings (SSSR count). The standard InChI is InChI=1S/C8H21NO2Si/c1-3-8(10-2)11-5-7-12-6-4-9/h8H,3-7,9,12H2,1-2H3. The molecular formula is C8H21NO2Si. The van der Waals surface area contributed by atoms with E-state index < -0.39 is 0 Å². The highest BCUT2D eigenvalue weighted by Gasteiger charge is 2.02. The molecule has 0 aliphatic rings. The number of hydrogen-bond donors (Lipinski definition) is 1. The first kappa shape index (κ1) is 12.1. The SMILES string of the molecule is CCC(OC)OCC[SiH2]CCN. The molecule has 4 heteroatoms. The maximum absolute atomic E-state index is 5.46. The van der Waals surface area contributed by atoms with Crippen molar-refractivity contribution in [3.63, 3.8) is 0 Å². The minimum absolute atomic E-state index is 0.00289. The van der Waals surface area contributed by atoms with Crippen LogP contribution >= 0.6 is 0 Å². The van der Waals surface area contributed by atoms with Gasteiger partial charge in [-0.2, -0.15) is 0 Å². The van der Waals surface area contributed by atoms with Gasteiger partial charge in [0.05, 0.1) is 0 Å². The Morgan fingerprint density at radius 3 is 2.67 bits per heavy atom. The molecule has 1 atom stereocenters. The van der Waals surface area contributed by atoms with Gasteiger partial charge in [0, 0.05) is 23.2 Å². The molecule has 0 aliphatic heterocycles. The van der Waals surface area contributed by atoms with Gasteiger partial charge in [0.25, 0.3) is 0 Å². The Labute approximate surface area is 77.4 Å². The van der Waals surface area contributed by atoms with Crippen LogP contribution in [-0.2, 0) is 9.47 Å². The van der Waals surface area contributed by atoms with Gasteiger partial charge in [-0.1, -0.05) is 13.0 Å². The zero-order valence-electron chi connectivity index (χ0n) is 8.21. The van der Waals surface area contributed by atoms with Crippen LogP contribution in [0.25, 0.3) is 0 Å². The predicted octanol–water partition coefficient (Wildman–Crippen LogP) is 0.350. The summed E-state index contributed by atoms with van der Waals surface area (Å²) in [5.41, 5.74) is 5.39. The summed E-state index contributed by atoms with van der Waals surface area (Å²) in [5.74, 6) is 0. The maximum Gasteiger partial charge on any atom is 0.156 e. The third-order valence-electron chi connectivity index (χ3n) is 1.75. The van der Waals surface area contributed by atoms with Crippen LogP contribution in [0.15, 0.2) is 0 Å². The van der Waals surface area contributed by atoms with Crippen molar-refractivity contribution in [3.05, 3.63) is 0 Å². The normalized spacial score (nSPS) is 14.2. The van der Waals surface area contributed by atoms with Gasteiger partial charge in [-0.3, -0.25) is 0 Å². The molecule has 0 aromatic heterocycles. The Kier molecular flexibility index (Phi) is 9.26. The molecule has 0 spiro atoms. The molecule has 0 saturated carbocycles. The first-order valence-corrected chi connectivity index (χ1v) is 6.69. The lowest BCUT2D eigenvalue weighted by Crippen LogP contribution is -2.15. The molecule has 0 fully saturated rings. The second-order valence-corrected chi connectivity index (χ2v) is 4.91. The zero-order valence-corrected chi connectivity index (χ0v) is 9.63. The first-order valence-electron chi connectivity index (χ1n) is 4.69. The molecule has 0 aromatic rings. The summed E-state index contributed by atoms with van der Waals surface area (Å²) in [5, 5.41) is 0. The average Bonchev–Trinajstić information content (AvgIpc) is 2.11. The van der Waals surface area contributed by atoms with Crippen molar-refractivity contribution in [3.8, 4) is 0 Å². The van der Waals surface area contributed by atoms with Gasteiger partial charge in [-0.25, -0.2) is 0 Å². The van der Waals surface area contributed by atoms with Gasteiger partial charge in [0.15, 0.2) is 6.29 Å². The molecule has 2 N–H and O–H groups in total. The predicted molar refractivity (Wildman–Crippen MR) is 54.3 cm³/mol. The van der Waals surface area contributed by atoms with E-state index in [0.717, 1.165) is 19.6 Å². The van der Waals surface area contributed by atoms with Crippen LogP contribution in [0.5, 0.6) is 0 Å². The zero-order chi connectivity index (χ0) is 9.23. The number of ether oxygens (including phenoxy) is 2. The summed E-state index contributed by atoms with van der Waals surface area (Å²) >= 11 is 0. The Hall–Kier alpha value is 0.0969. The van der Waals surface area contributed by atoms with Crippen LogP contribution in [0.3, 0.4) is 0 Å². The average molecular weight is 191 g/mol. The Morgan fingerprint density at radius 2 is 2.17 bits per heavy atom. The molecule has 74 valence electrons. The van der Waals surface area contributed by atoms with Gasteiger partial charge in [0.1, 0.15) is 0 Å². The summed E-state index contributed by atoms with van der Waals surface area (Å²) < 4.78 is 10.5. The van der Waals surface area contributed by atoms with Crippen molar-refractivity contribution in [2.24, 2.45) is 5.73 Å². The largest absolute Gasteiger partial charge is 0.356 e. The molecule has 0 aliphatic carbocycles. The fourth-order valence-electron chi connectivity index (χ4n) is 0.991. The van der Waals surface area contributed by atoms with Crippen LogP contribution in [0.4, 0.5) is 0 Å². The summed E-state index contributed by atoms with van der Waals surface area (Å²) in [6, 6.07) is 2.45. The molecule has 0 amide bonds. The topological polar surface area (TPSA) is 44.5 Å². The Morgan fingerprint density at radius 1 is 1.42 bits per heavy atom. The third-order valence-corrected chi connectivity index (χ3v) is 3.45. The van der Waals surface area contributed by atoms with E-state index in [9.17, 15) is 0 Å². The Balaban J connectivity index is 3.06. The second kappa shape index (κ2) is 9.19. The van der Waals surface area contributed by atoms with Gasteiger partial charge in [-0.05, 0) is 19.0 Å². The van der Waals surface area contributed by atoms with Crippen molar-refractivity contribution in [2.75, 3.05) is 20.3 Å². The second-order valence-electron chi connectivity index (χ2n) is 2.79. The fraction of sp³-hybridized carbons (Fsp3) is 1.00. The molecule has 0 aromatic carbocycles. The molecule has 0 heterocycles. The number of nitrogens with two attached hydrogens (primary N) is 1. The fourth-order valence-corrected chi connectivity index (χ4v) is 2.00. The summed E-state index contributed by atoms with van der Waals surface area (Å²) in [6.45, 7) is 3.75. The van der Waals surface area contributed by atoms with Crippen molar-refractivity contribution >= 4 is 9.52 Å². The smallest absolute Gasteiger partial charge is 0.156 e. The van der Waals surface area contributed by atoms with E-state index in [1.807, 2.05) is 0 Å². The minimum atomic E-state index is -0.00289. The highest BCUT2D eigenvalue weighted by molar-refractivity contribution is 6.35. The van der Waals surface area contributed by atoms with E-state index >= 15 is 0 Å². The molecule has 0 saturated heterocycles. The lowest BCUT2D eigenvalue weighted by atomic mass is 10.5. The van der Waals surface area contributed by atoms with Crippen LogP contribution < -0.4 is 5.73 Å². The van der Waals surface area contributed by atoms with Crippen LogP contribution in [0, 0.1) is 0 Å². The summed E-state index contributed by atoms with van der Waals surface area (Å²) in [7, 11) is 1.73. The quantitative estimate of drug-likeness (QED) is 0.342. The molecule has 3 nitrogen and oxygen atoms in total. The maximum atomic E-state index is 5.46. The molecule has 0 radical (unpaired) electrons. The number of hydrogen-bond acceptors (Lipinski definition) is 3. The highest BCUT2D eigenvalue weighted by Crippen LogP contribution is 1.99. The van der Waals surface area contributed by atoms with Gasteiger partial charge >= 0.3 is 0 Å². The summed E-state index contributed by atoms with van der Waals surface area (Å²) in [6.07, 6.45) is 0.923. The van der Waals surface area contributed by atoms with Crippen LogP contribution in [0.1, 0.15) is 13.3 Å². The molecular weight excluding hydrogens is 170 g/mol. The molecule has 1 unspecified atom stereocenters. The van der Waals surface area contributed by atoms with E-state index in [1.165, 1.54) is 12.1 Å². The van der Waals surface area contributed by atoms with Crippen LogP contribution in [-0.4, -0.2) is 36.1 Å². The lowest BCUT2D eigenvalue weighted by Gasteiger charge is -2.13. The van der Waals surface area contributed by atoms with E-state index in [1.54, 1.807) is 7.11 Å². The lowest BCUT2D eigenvalue weighted by molar-refractivity contribution is -0.120. The van der Waals surface area contributed by atoms with E-state index in [4.69, 9.17) is 15.2 Å². The van der Waals surface area contributed by atoms with Crippen molar-refractivity contribution in [1.29, 1.82) is 0 Å². The van der Waals surface area contributed by atoms with Gasteiger partial charge in [-0.15, -0.1) is 0 Å². The third kappa shape index (κ3) is 6.79. The number of rotatable bonds is 8. The minimum Gasteiger partial charge on any atom is -0.356 e. The number of methoxy groups -OCH3 is 1. The van der Waals surface area contributed by atoms with Crippen LogP contribution in [0.2, 0.25) is 12.1 Å². The molecule has 12 heavy (non-hydrogen) atoms. The van der Waals surface area contributed by atoms with Crippen molar-refractivity contribution in [2.45, 2.75) is 31.7 Å². The summed E-state index contributed by atoms with van der Waals surface area (Å²) in [4.78, 5) is 0. The van der Waals surface area contributed by atoms with Gasteiger partial charge in [0.2, 0.25) is 0 Å². The highest BCUT2D eigenvalue weighted by atomic mass is 28.2.